The van der Waals surface area contributed by atoms with Crippen LogP contribution in [0.25, 0.3) is 0 Å². The Bertz CT molecular complexity index is 352. The van der Waals surface area contributed by atoms with Crippen molar-refractivity contribution in [1.82, 2.24) is 10.3 Å². The monoisotopic (exact) mass is 210 g/mol. The highest BCUT2D eigenvalue weighted by molar-refractivity contribution is 5.94. The SMILES string of the molecule is O=C(NC[C@H](O)C(=O)O)c1ccncc1. The van der Waals surface area contributed by atoms with Crippen LogP contribution < -0.4 is 5.32 Å². The summed E-state index contributed by atoms with van der Waals surface area (Å²) in [5.74, 6) is -1.82. The zero-order valence-corrected chi connectivity index (χ0v) is 7.75. The molecule has 0 saturated heterocycles. The fourth-order valence-corrected chi connectivity index (χ4v) is 0.882. The van der Waals surface area contributed by atoms with Crippen LogP contribution in [0.15, 0.2) is 24.5 Å². The first-order chi connectivity index (χ1) is 7.11. The van der Waals surface area contributed by atoms with Gasteiger partial charge in [-0.2, -0.15) is 0 Å². The van der Waals surface area contributed by atoms with E-state index in [1.807, 2.05) is 0 Å². The van der Waals surface area contributed by atoms with Crippen molar-refractivity contribution in [2.45, 2.75) is 6.10 Å². The minimum absolute atomic E-state index is 0.323. The summed E-state index contributed by atoms with van der Waals surface area (Å²) in [6, 6.07) is 2.98. The van der Waals surface area contributed by atoms with Gasteiger partial charge < -0.3 is 15.5 Å². The number of hydrogen-bond donors (Lipinski definition) is 3. The summed E-state index contributed by atoms with van der Waals surface area (Å²) in [7, 11) is 0. The number of amides is 1. The second-order valence-corrected chi connectivity index (χ2v) is 2.80. The Morgan fingerprint density at radius 2 is 2.00 bits per heavy atom. The molecule has 1 amide bonds. The molecule has 1 heterocycles. The largest absolute Gasteiger partial charge is 0.479 e. The van der Waals surface area contributed by atoms with E-state index in [1.165, 1.54) is 24.5 Å². The van der Waals surface area contributed by atoms with E-state index in [1.54, 1.807) is 0 Å². The van der Waals surface area contributed by atoms with Gasteiger partial charge in [0.2, 0.25) is 0 Å². The molecule has 15 heavy (non-hydrogen) atoms. The number of hydrogen-bond acceptors (Lipinski definition) is 4. The van der Waals surface area contributed by atoms with Crippen molar-refractivity contribution in [2.24, 2.45) is 0 Å². The van der Waals surface area contributed by atoms with Gasteiger partial charge in [0, 0.05) is 18.0 Å². The van der Waals surface area contributed by atoms with E-state index in [-0.39, 0.29) is 6.54 Å². The number of carboxylic acid groups (broad SMARTS) is 1. The second kappa shape index (κ2) is 5.06. The maximum Gasteiger partial charge on any atom is 0.334 e. The van der Waals surface area contributed by atoms with E-state index in [4.69, 9.17) is 10.2 Å². The van der Waals surface area contributed by atoms with Crippen molar-refractivity contribution >= 4 is 11.9 Å². The Morgan fingerprint density at radius 1 is 1.40 bits per heavy atom. The molecule has 3 N–H and O–H groups in total. The first kappa shape index (κ1) is 11.1. The number of aromatic nitrogens is 1. The minimum Gasteiger partial charge on any atom is -0.479 e. The van der Waals surface area contributed by atoms with Crippen LogP contribution in [0, 0.1) is 0 Å². The zero-order valence-electron chi connectivity index (χ0n) is 7.75. The summed E-state index contributed by atoms with van der Waals surface area (Å²) < 4.78 is 0. The molecular weight excluding hydrogens is 200 g/mol. The van der Waals surface area contributed by atoms with Crippen LogP contribution in [-0.4, -0.2) is 39.7 Å². The van der Waals surface area contributed by atoms with Crippen molar-refractivity contribution in [1.29, 1.82) is 0 Å². The molecule has 1 aromatic heterocycles. The fourth-order valence-electron chi connectivity index (χ4n) is 0.882. The van der Waals surface area contributed by atoms with Crippen LogP contribution >= 0.6 is 0 Å². The molecule has 0 bridgehead atoms. The molecule has 0 spiro atoms. The molecule has 6 nitrogen and oxygen atoms in total. The Labute approximate surface area is 85.6 Å². The van der Waals surface area contributed by atoms with E-state index >= 15 is 0 Å². The third kappa shape index (κ3) is 3.35. The normalized spacial score (nSPS) is 11.8. The molecule has 0 aliphatic rings. The number of nitrogens with zero attached hydrogens (tertiary/aromatic N) is 1. The molecule has 0 unspecified atom stereocenters. The predicted octanol–water partition coefficient (Wildman–Crippen LogP) is -0.743. The smallest absolute Gasteiger partial charge is 0.334 e. The molecule has 0 aromatic carbocycles. The van der Waals surface area contributed by atoms with E-state index in [9.17, 15) is 9.59 Å². The minimum atomic E-state index is -1.59. The number of aliphatic hydroxyl groups is 1. The van der Waals surface area contributed by atoms with Crippen LogP contribution in [0.1, 0.15) is 10.4 Å². The summed E-state index contributed by atoms with van der Waals surface area (Å²) in [4.78, 5) is 25.3. The van der Waals surface area contributed by atoms with Gasteiger partial charge in [-0.15, -0.1) is 0 Å². The van der Waals surface area contributed by atoms with Gasteiger partial charge in [-0.3, -0.25) is 9.78 Å². The number of aliphatic carboxylic acids is 1. The highest BCUT2D eigenvalue weighted by Crippen LogP contribution is 1.95. The van der Waals surface area contributed by atoms with Crippen molar-refractivity contribution in [3.63, 3.8) is 0 Å². The average Bonchev–Trinajstić information content (AvgIpc) is 2.26. The Hall–Kier alpha value is -1.95. The summed E-state index contributed by atoms with van der Waals surface area (Å²) in [6.45, 7) is -0.323. The maximum atomic E-state index is 11.3. The van der Waals surface area contributed by atoms with Gasteiger partial charge in [0.1, 0.15) is 0 Å². The number of carboxylic acids is 1. The lowest BCUT2D eigenvalue weighted by Gasteiger charge is -2.07. The number of aliphatic hydroxyl groups excluding tert-OH is 1. The average molecular weight is 210 g/mol. The van der Waals surface area contributed by atoms with Gasteiger partial charge in [-0.1, -0.05) is 0 Å². The molecule has 0 aliphatic carbocycles. The van der Waals surface area contributed by atoms with E-state index in [0.717, 1.165) is 0 Å². The Morgan fingerprint density at radius 3 is 2.53 bits per heavy atom. The molecule has 6 heteroatoms. The maximum absolute atomic E-state index is 11.3. The molecular formula is C9H10N2O4. The van der Waals surface area contributed by atoms with Crippen molar-refractivity contribution < 1.29 is 19.8 Å². The van der Waals surface area contributed by atoms with Gasteiger partial charge in [0.25, 0.3) is 5.91 Å². The highest BCUT2D eigenvalue weighted by atomic mass is 16.4. The van der Waals surface area contributed by atoms with E-state index in [2.05, 4.69) is 10.3 Å². The number of carbonyl (C=O) groups excluding carboxylic acids is 1. The Balaban J connectivity index is 2.47. The molecule has 80 valence electrons. The number of nitrogens with one attached hydrogen (secondary N) is 1. The highest BCUT2D eigenvalue weighted by Gasteiger charge is 2.14. The summed E-state index contributed by atoms with van der Waals surface area (Å²) in [5.41, 5.74) is 0.364. The van der Waals surface area contributed by atoms with Crippen LogP contribution in [0.2, 0.25) is 0 Å². The van der Waals surface area contributed by atoms with E-state index in [0.29, 0.717) is 5.56 Å². The van der Waals surface area contributed by atoms with Crippen LogP contribution in [-0.2, 0) is 4.79 Å². The quantitative estimate of drug-likeness (QED) is 0.607. The third-order valence-electron chi connectivity index (χ3n) is 1.68. The number of pyridine rings is 1. The summed E-state index contributed by atoms with van der Waals surface area (Å²) in [5, 5.41) is 19.5. The molecule has 0 fully saturated rings. The molecule has 1 atom stereocenters. The fraction of sp³-hybridized carbons (Fsp3) is 0.222. The van der Waals surface area contributed by atoms with Gasteiger partial charge in [0.05, 0.1) is 6.54 Å². The molecule has 1 rings (SSSR count). The third-order valence-corrected chi connectivity index (χ3v) is 1.68. The molecule has 0 radical (unpaired) electrons. The lowest BCUT2D eigenvalue weighted by Crippen LogP contribution is -2.36. The van der Waals surface area contributed by atoms with Gasteiger partial charge in [-0.25, -0.2) is 4.79 Å². The Kier molecular flexibility index (Phi) is 3.75. The first-order valence-electron chi connectivity index (χ1n) is 4.20. The van der Waals surface area contributed by atoms with Crippen LogP contribution in [0.4, 0.5) is 0 Å². The number of rotatable bonds is 4. The predicted molar refractivity (Wildman–Crippen MR) is 50.2 cm³/mol. The number of carbonyl (C=O) groups is 2. The first-order valence-corrected chi connectivity index (χ1v) is 4.20. The van der Waals surface area contributed by atoms with Crippen molar-refractivity contribution in [3.8, 4) is 0 Å². The topological polar surface area (TPSA) is 99.5 Å². The summed E-state index contributed by atoms with van der Waals surface area (Å²) >= 11 is 0. The van der Waals surface area contributed by atoms with Crippen molar-refractivity contribution in [3.05, 3.63) is 30.1 Å². The van der Waals surface area contributed by atoms with Gasteiger partial charge in [-0.05, 0) is 12.1 Å². The molecule has 0 aliphatic heterocycles. The van der Waals surface area contributed by atoms with Gasteiger partial charge >= 0.3 is 5.97 Å². The van der Waals surface area contributed by atoms with Gasteiger partial charge in [0.15, 0.2) is 6.10 Å². The lowest BCUT2D eigenvalue weighted by molar-refractivity contribution is -0.146. The zero-order chi connectivity index (χ0) is 11.3. The van der Waals surface area contributed by atoms with E-state index < -0.39 is 18.0 Å². The van der Waals surface area contributed by atoms with Crippen LogP contribution in [0.3, 0.4) is 0 Å². The second-order valence-electron chi connectivity index (χ2n) is 2.80. The summed E-state index contributed by atoms with van der Waals surface area (Å²) in [6.07, 6.45) is 1.31. The standard InChI is InChI=1S/C9H10N2O4/c12-7(9(14)15)5-11-8(13)6-1-3-10-4-2-6/h1-4,7,12H,5H2,(H,11,13)(H,14,15)/t7-/m0/s1. The lowest BCUT2D eigenvalue weighted by atomic mass is 10.2. The molecule has 1 aromatic rings. The molecule has 0 saturated carbocycles. The van der Waals surface area contributed by atoms with Crippen molar-refractivity contribution in [2.75, 3.05) is 6.54 Å². The van der Waals surface area contributed by atoms with Crippen LogP contribution in [0.5, 0.6) is 0 Å².